The lowest BCUT2D eigenvalue weighted by atomic mass is 10.1. The van der Waals surface area contributed by atoms with Crippen LogP contribution in [-0.4, -0.2) is 5.91 Å². The minimum absolute atomic E-state index is 0.148. The van der Waals surface area contributed by atoms with E-state index in [2.05, 4.69) is 3.53 Å². The molecule has 1 saturated carbocycles. The van der Waals surface area contributed by atoms with E-state index in [0.717, 1.165) is 12.8 Å². The maximum Gasteiger partial charge on any atom is 0.249 e. The van der Waals surface area contributed by atoms with Crippen LogP contribution in [0.1, 0.15) is 12.8 Å². The molecule has 0 saturated heterocycles. The first-order valence-corrected chi connectivity index (χ1v) is 3.65. The van der Waals surface area contributed by atoms with Gasteiger partial charge in [0.1, 0.15) is 5.41 Å². The first-order valence-electron chi connectivity index (χ1n) is 2.57. The van der Waals surface area contributed by atoms with Crippen LogP contribution in [0.4, 0.5) is 0 Å². The largest absolute Gasteiger partial charge is 0.297 e. The highest BCUT2D eigenvalue weighted by Gasteiger charge is 2.50. The zero-order valence-corrected chi connectivity index (χ0v) is 6.81. The van der Waals surface area contributed by atoms with Crippen molar-refractivity contribution < 1.29 is 4.79 Å². The van der Waals surface area contributed by atoms with Gasteiger partial charge in [-0.25, -0.2) is 0 Å². The van der Waals surface area contributed by atoms with Gasteiger partial charge < -0.3 is 0 Å². The van der Waals surface area contributed by atoms with Gasteiger partial charge in [-0.15, -0.1) is 0 Å². The smallest absolute Gasteiger partial charge is 0.249 e. The van der Waals surface area contributed by atoms with Gasteiger partial charge in [0.05, 0.1) is 28.9 Å². The fourth-order valence-electron chi connectivity index (χ4n) is 0.605. The highest BCUT2D eigenvalue weighted by molar-refractivity contribution is 14.1. The number of rotatable bonds is 1. The summed E-state index contributed by atoms with van der Waals surface area (Å²) in [7, 11) is 0. The molecular weight excluding hydrogens is 231 g/mol. The summed E-state index contributed by atoms with van der Waals surface area (Å²) in [5, 5.41) is 8.44. The van der Waals surface area contributed by atoms with Gasteiger partial charge in [0.25, 0.3) is 0 Å². The van der Waals surface area contributed by atoms with Crippen LogP contribution >= 0.6 is 22.9 Å². The molecular formula is C5H5IN2O. The molecule has 48 valence electrons. The highest BCUT2D eigenvalue weighted by atomic mass is 127. The second-order valence-electron chi connectivity index (χ2n) is 2.12. The van der Waals surface area contributed by atoms with Crippen molar-refractivity contribution in [1.82, 2.24) is 3.53 Å². The van der Waals surface area contributed by atoms with Gasteiger partial charge >= 0.3 is 0 Å². The average Bonchev–Trinajstić information content (AvgIpc) is 2.66. The van der Waals surface area contributed by atoms with Crippen LogP contribution in [0.25, 0.3) is 0 Å². The highest BCUT2D eigenvalue weighted by Crippen LogP contribution is 2.45. The minimum Gasteiger partial charge on any atom is -0.297 e. The van der Waals surface area contributed by atoms with E-state index in [-0.39, 0.29) is 5.91 Å². The number of amides is 1. The van der Waals surface area contributed by atoms with E-state index >= 15 is 0 Å². The van der Waals surface area contributed by atoms with Gasteiger partial charge in [0, 0.05) is 0 Å². The Hall–Kier alpha value is -0.310. The molecule has 1 rings (SSSR count). The number of halogens is 1. The Bertz CT molecular complexity index is 180. The third-order valence-electron chi connectivity index (χ3n) is 1.48. The molecule has 0 aliphatic heterocycles. The van der Waals surface area contributed by atoms with Crippen molar-refractivity contribution in [2.45, 2.75) is 12.8 Å². The molecule has 0 radical (unpaired) electrons. The summed E-state index contributed by atoms with van der Waals surface area (Å²) in [5.41, 5.74) is -0.652. The Kier molecular flexibility index (Phi) is 1.62. The lowest BCUT2D eigenvalue weighted by Gasteiger charge is -1.98. The summed E-state index contributed by atoms with van der Waals surface area (Å²) in [5.74, 6) is -0.148. The van der Waals surface area contributed by atoms with Crippen LogP contribution in [-0.2, 0) is 4.79 Å². The SMILES string of the molecule is N#CC1(C(=O)NI)CC1. The van der Waals surface area contributed by atoms with Crippen molar-refractivity contribution >= 4 is 28.8 Å². The molecule has 0 aromatic carbocycles. The zero-order valence-electron chi connectivity index (χ0n) is 4.65. The lowest BCUT2D eigenvalue weighted by molar-refractivity contribution is -0.122. The monoisotopic (exact) mass is 236 g/mol. The summed E-state index contributed by atoms with van der Waals surface area (Å²) in [6.07, 6.45) is 1.44. The molecule has 0 unspecified atom stereocenters. The molecule has 9 heavy (non-hydrogen) atoms. The van der Waals surface area contributed by atoms with Crippen LogP contribution in [0.2, 0.25) is 0 Å². The van der Waals surface area contributed by atoms with Gasteiger partial charge in [0.15, 0.2) is 0 Å². The standard InChI is InChI=1S/C5H5IN2O/c6-8-4(9)5(3-7)1-2-5/h1-2H2,(H,8,9). The molecule has 4 heteroatoms. The van der Waals surface area contributed by atoms with E-state index in [9.17, 15) is 4.79 Å². The molecule has 0 aromatic rings. The molecule has 1 aliphatic carbocycles. The minimum atomic E-state index is -0.652. The van der Waals surface area contributed by atoms with E-state index < -0.39 is 5.41 Å². The molecule has 1 fully saturated rings. The first kappa shape index (κ1) is 6.81. The third-order valence-corrected chi connectivity index (χ3v) is 1.97. The van der Waals surface area contributed by atoms with Crippen molar-refractivity contribution in [1.29, 1.82) is 5.26 Å². The van der Waals surface area contributed by atoms with Crippen molar-refractivity contribution in [3.05, 3.63) is 0 Å². The van der Waals surface area contributed by atoms with E-state index in [1.165, 1.54) is 0 Å². The number of hydrogen-bond donors (Lipinski definition) is 1. The fourth-order valence-corrected chi connectivity index (χ4v) is 1.12. The van der Waals surface area contributed by atoms with Gasteiger partial charge in [0.2, 0.25) is 5.91 Å². The first-order chi connectivity index (χ1) is 4.25. The lowest BCUT2D eigenvalue weighted by Crippen LogP contribution is -2.22. The van der Waals surface area contributed by atoms with Crippen LogP contribution in [0.15, 0.2) is 0 Å². The molecule has 1 amide bonds. The third kappa shape index (κ3) is 1.01. The van der Waals surface area contributed by atoms with Crippen molar-refractivity contribution in [2.75, 3.05) is 0 Å². The second-order valence-corrected chi connectivity index (χ2v) is 2.66. The van der Waals surface area contributed by atoms with Crippen LogP contribution in [0, 0.1) is 16.7 Å². The molecule has 0 atom stereocenters. The summed E-state index contributed by atoms with van der Waals surface area (Å²) < 4.78 is 2.43. The Morgan fingerprint density at radius 2 is 2.33 bits per heavy atom. The Balaban J connectivity index is 2.63. The van der Waals surface area contributed by atoms with E-state index in [1.54, 1.807) is 22.9 Å². The van der Waals surface area contributed by atoms with Gasteiger partial charge in [-0.05, 0) is 12.8 Å². The summed E-state index contributed by atoms with van der Waals surface area (Å²) in [4.78, 5) is 10.8. The predicted molar refractivity (Wildman–Crippen MR) is 39.4 cm³/mol. The van der Waals surface area contributed by atoms with E-state index in [1.807, 2.05) is 6.07 Å². The van der Waals surface area contributed by atoms with Crippen LogP contribution < -0.4 is 3.53 Å². The molecule has 0 aromatic heterocycles. The maximum absolute atomic E-state index is 10.8. The number of nitrogens with zero attached hydrogens (tertiary/aromatic N) is 1. The van der Waals surface area contributed by atoms with Gasteiger partial charge in [-0.3, -0.25) is 8.32 Å². The molecule has 0 spiro atoms. The van der Waals surface area contributed by atoms with Crippen molar-refractivity contribution in [3.63, 3.8) is 0 Å². The number of nitrogens with one attached hydrogen (secondary N) is 1. The molecule has 1 aliphatic rings. The normalized spacial score (nSPS) is 20.0. The zero-order chi connectivity index (χ0) is 6.91. The molecule has 1 N–H and O–H groups in total. The second kappa shape index (κ2) is 2.14. The molecule has 0 bridgehead atoms. The predicted octanol–water partition coefficient (Wildman–Crippen LogP) is 0.756. The summed E-state index contributed by atoms with van der Waals surface area (Å²) in [6, 6.07) is 1.99. The number of hydrogen-bond acceptors (Lipinski definition) is 2. The molecule has 0 heterocycles. The van der Waals surface area contributed by atoms with E-state index in [0.29, 0.717) is 0 Å². The number of nitriles is 1. The van der Waals surface area contributed by atoms with Gasteiger partial charge in [-0.2, -0.15) is 5.26 Å². The quantitative estimate of drug-likeness (QED) is 0.539. The summed E-state index contributed by atoms with van der Waals surface area (Å²) >= 11 is 1.75. The van der Waals surface area contributed by atoms with Crippen LogP contribution in [0.3, 0.4) is 0 Å². The number of carbonyl (C=O) groups is 1. The van der Waals surface area contributed by atoms with Crippen molar-refractivity contribution in [2.24, 2.45) is 5.41 Å². The summed E-state index contributed by atoms with van der Waals surface area (Å²) in [6.45, 7) is 0. The van der Waals surface area contributed by atoms with Gasteiger partial charge in [-0.1, -0.05) is 0 Å². The van der Waals surface area contributed by atoms with E-state index in [4.69, 9.17) is 5.26 Å². The van der Waals surface area contributed by atoms with Crippen molar-refractivity contribution in [3.8, 4) is 6.07 Å². The topological polar surface area (TPSA) is 52.9 Å². The number of carbonyl (C=O) groups excluding carboxylic acids is 1. The average molecular weight is 236 g/mol. The molecule has 3 nitrogen and oxygen atoms in total. The Labute approximate surface area is 66.9 Å². The fraction of sp³-hybridized carbons (Fsp3) is 0.600. The maximum atomic E-state index is 10.8. The Morgan fingerprint density at radius 3 is 2.44 bits per heavy atom. The Morgan fingerprint density at radius 1 is 1.78 bits per heavy atom. The van der Waals surface area contributed by atoms with Crippen LogP contribution in [0.5, 0.6) is 0 Å².